The highest BCUT2D eigenvalue weighted by molar-refractivity contribution is 7.05. The third-order valence-electron chi connectivity index (χ3n) is 4.20. The summed E-state index contributed by atoms with van der Waals surface area (Å²) in [6.07, 6.45) is 4.29. The fourth-order valence-electron chi connectivity index (χ4n) is 2.92. The fraction of sp³-hybridized carbons (Fsp3) is 0.348. The maximum Gasteiger partial charge on any atom is 0.329 e. The summed E-state index contributed by atoms with van der Waals surface area (Å²) in [7, 11) is 0. The number of nitrogens with zero attached hydrogens (tertiary/aromatic N) is 4. The van der Waals surface area contributed by atoms with E-state index in [0.717, 1.165) is 27.4 Å². The second-order valence-electron chi connectivity index (χ2n) is 8.37. The van der Waals surface area contributed by atoms with E-state index in [1.807, 2.05) is 58.0 Å². The molecular weight excluding hydrogens is 410 g/mol. The molecule has 0 radical (unpaired) electrons. The standard InChI is InChI=1S/C23H27N5O2S/c1-15(2)11-18-21(24-14-20(26-18)16-9-7-6-8-10-16)27-19(12-17-13-25-28-31-17)22(29)30-23(3,4)5/h6-10,13-14,19H,1,11-12H2,2-5H3,(H,24,27). The van der Waals surface area contributed by atoms with Crippen molar-refractivity contribution in [3.8, 4) is 11.3 Å². The van der Waals surface area contributed by atoms with Gasteiger partial charge in [-0.15, -0.1) is 5.10 Å². The number of nitrogens with one attached hydrogen (secondary N) is 1. The molecule has 0 saturated carbocycles. The van der Waals surface area contributed by atoms with Crippen LogP contribution in [0.3, 0.4) is 0 Å². The summed E-state index contributed by atoms with van der Waals surface area (Å²) < 4.78 is 9.52. The molecule has 0 aliphatic heterocycles. The largest absolute Gasteiger partial charge is 0.458 e. The quantitative estimate of drug-likeness (QED) is 0.410. The predicted octanol–water partition coefficient (Wildman–Crippen LogP) is 4.48. The van der Waals surface area contributed by atoms with E-state index in [2.05, 4.69) is 26.5 Å². The van der Waals surface area contributed by atoms with Crippen LogP contribution in [0.5, 0.6) is 0 Å². The van der Waals surface area contributed by atoms with Gasteiger partial charge in [0.25, 0.3) is 0 Å². The van der Waals surface area contributed by atoms with E-state index in [1.165, 1.54) is 11.5 Å². The Morgan fingerprint density at radius 3 is 2.58 bits per heavy atom. The van der Waals surface area contributed by atoms with E-state index in [0.29, 0.717) is 18.7 Å². The zero-order valence-corrected chi connectivity index (χ0v) is 19.1. The molecule has 1 atom stereocenters. The first-order valence-electron chi connectivity index (χ1n) is 10.0. The van der Waals surface area contributed by atoms with Crippen molar-refractivity contribution in [1.82, 2.24) is 19.6 Å². The van der Waals surface area contributed by atoms with E-state index in [1.54, 1.807) is 12.4 Å². The van der Waals surface area contributed by atoms with Crippen molar-refractivity contribution in [2.24, 2.45) is 0 Å². The smallest absolute Gasteiger partial charge is 0.329 e. The molecule has 2 aromatic heterocycles. The van der Waals surface area contributed by atoms with E-state index >= 15 is 0 Å². The van der Waals surface area contributed by atoms with Gasteiger partial charge in [-0.2, -0.15) is 0 Å². The minimum absolute atomic E-state index is 0.365. The van der Waals surface area contributed by atoms with Gasteiger partial charge in [0.15, 0.2) is 0 Å². The predicted molar refractivity (Wildman–Crippen MR) is 123 cm³/mol. The first-order valence-corrected chi connectivity index (χ1v) is 10.8. The van der Waals surface area contributed by atoms with Crippen molar-refractivity contribution in [1.29, 1.82) is 0 Å². The minimum atomic E-state index is -0.651. The van der Waals surface area contributed by atoms with Gasteiger partial charge in [-0.3, -0.25) is 0 Å². The molecule has 0 aliphatic carbocycles. The van der Waals surface area contributed by atoms with Crippen LogP contribution in [0.15, 0.2) is 54.9 Å². The Morgan fingerprint density at radius 1 is 1.23 bits per heavy atom. The summed E-state index contributed by atoms with van der Waals surface area (Å²) in [5.41, 5.74) is 2.81. The third kappa shape index (κ3) is 6.68. The van der Waals surface area contributed by atoms with Gasteiger partial charge in [-0.25, -0.2) is 14.8 Å². The highest BCUT2D eigenvalue weighted by atomic mass is 32.1. The number of carbonyl (C=O) groups is 1. The van der Waals surface area contributed by atoms with Crippen molar-refractivity contribution in [2.75, 3.05) is 5.32 Å². The second-order valence-corrected chi connectivity index (χ2v) is 9.24. The SMILES string of the molecule is C=C(C)Cc1nc(-c2ccccc2)cnc1NC(Cc1cnns1)C(=O)OC(C)(C)C. The Kier molecular flexibility index (Phi) is 7.12. The Morgan fingerprint density at radius 2 is 1.97 bits per heavy atom. The lowest BCUT2D eigenvalue weighted by Crippen LogP contribution is -2.38. The third-order valence-corrected chi connectivity index (χ3v) is 4.88. The molecular formula is C23H27N5O2S. The molecule has 0 fully saturated rings. The topological polar surface area (TPSA) is 89.9 Å². The van der Waals surface area contributed by atoms with Crippen molar-refractivity contribution < 1.29 is 9.53 Å². The molecule has 3 aromatic rings. The first-order chi connectivity index (χ1) is 14.7. The molecule has 0 bridgehead atoms. The van der Waals surface area contributed by atoms with Gasteiger partial charge in [0, 0.05) is 23.3 Å². The highest BCUT2D eigenvalue weighted by Gasteiger charge is 2.27. The van der Waals surface area contributed by atoms with Crippen LogP contribution >= 0.6 is 11.5 Å². The summed E-state index contributed by atoms with van der Waals surface area (Å²) in [6, 6.07) is 9.21. The second kappa shape index (κ2) is 9.78. The molecule has 0 saturated heterocycles. The van der Waals surface area contributed by atoms with Crippen LogP contribution in [0.25, 0.3) is 11.3 Å². The van der Waals surface area contributed by atoms with Gasteiger partial charge in [-0.05, 0) is 39.2 Å². The number of anilines is 1. The Bertz CT molecular complexity index is 1030. The molecule has 0 amide bonds. The average Bonchev–Trinajstić information content (AvgIpc) is 3.21. The number of ether oxygens (including phenoxy) is 1. The van der Waals surface area contributed by atoms with Crippen LogP contribution < -0.4 is 5.32 Å². The highest BCUT2D eigenvalue weighted by Crippen LogP contribution is 2.23. The van der Waals surface area contributed by atoms with Gasteiger partial charge in [0.05, 0.1) is 23.8 Å². The number of hydrogen-bond acceptors (Lipinski definition) is 8. The molecule has 162 valence electrons. The molecule has 3 rings (SSSR count). The maximum absolute atomic E-state index is 12.9. The number of esters is 1. The fourth-order valence-corrected chi connectivity index (χ4v) is 3.45. The van der Waals surface area contributed by atoms with E-state index in [4.69, 9.17) is 9.72 Å². The number of aromatic nitrogens is 4. The summed E-state index contributed by atoms with van der Waals surface area (Å²) in [5.74, 6) is 0.173. The molecule has 0 spiro atoms. The Hall–Kier alpha value is -3.13. The molecule has 1 unspecified atom stereocenters. The van der Waals surface area contributed by atoms with Gasteiger partial charge < -0.3 is 10.1 Å². The van der Waals surface area contributed by atoms with Crippen LogP contribution in [-0.4, -0.2) is 37.2 Å². The van der Waals surface area contributed by atoms with Crippen LogP contribution in [0.1, 0.15) is 38.3 Å². The summed E-state index contributed by atoms with van der Waals surface area (Å²) in [6.45, 7) is 11.5. The maximum atomic E-state index is 12.9. The lowest BCUT2D eigenvalue weighted by atomic mass is 10.1. The first kappa shape index (κ1) is 22.6. The molecule has 7 nitrogen and oxygen atoms in total. The van der Waals surface area contributed by atoms with Gasteiger partial charge in [0.1, 0.15) is 17.5 Å². The zero-order chi connectivity index (χ0) is 22.4. The Labute approximate surface area is 186 Å². The monoisotopic (exact) mass is 437 g/mol. The van der Waals surface area contributed by atoms with Crippen LogP contribution in [0.4, 0.5) is 5.82 Å². The number of allylic oxidation sites excluding steroid dienone is 1. The summed E-state index contributed by atoms with van der Waals surface area (Å²) >= 11 is 1.25. The molecule has 1 aromatic carbocycles. The van der Waals surface area contributed by atoms with Crippen molar-refractivity contribution >= 4 is 23.3 Å². The average molecular weight is 438 g/mol. The van der Waals surface area contributed by atoms with Crippen LogP contribution in [0, 0.1) is 0 Å². The number of hydrogen-bond donors (Lipinski definition) is 1. The van der Waals surface area contributed by atoms with E-state index in [9.17, 15) is 4.79 Å². The number of benzene rings is 1. The lowest BCUT2D eigenvalue weighted by Gasteiger charge is -2.25. The van der Waals surface area contributed by atoms with Gasteiger partial charge in [0.2, 0.25) is 0 Å². The van der Waals surface area contributed by atoms with Crippen LogP contribution in [0.2, 0.25) is 0 Å². The van der Waals surface area contributed by atoms with E-state index < -0.39 is 11.6 Å². The van der Waals surface area contributed by atoms with Crippen molar-refractivity contribution in [3.63, 3.8) is 0 Å². The Balaban J connectivity index is 1.92. The lowest BCUT2D eigenvalue weighted by molar-refractivity contribution is -0.155. The summed E-state index contributed by atoms with van der Waals surface area (Å²) in [4.78, 5) is 23.2. The minimum Gasteiger partial charge on any atom is -0.458 e. The molecule has 31 heavy (non-hydrogen) atoms. The number of carbonyl (C=O) groups excluding carboxylic acids is 1. The van der Waals surface area contributed by atoms with E-state index in [-0.39, 0.29) is 5.97 Å². The van der Waals surface area contributed by atoms with Crippen molar-refractivity contribution in [2.45, 2.75) is 52.2 Å². The molecule has 2 heterocycles. The normalized spacial score (nSPS) is 12.3. The zero-order valence-electron chi connectivity index (χ0n) is 18.3. The molecule has 0 aliphatic rings. The van der Waals surface area contributed by atoms with Gasteiger partial charge in [-0.1, -0.05) is 47.0 Å². The molecule has 1 N–H and O–H groups in total. The molecule has 8 heteroatoms. The summed E-state index contributed by atoms with van der Waals surface area (Å²) in [5, 5.41) is 7.12. The van der Waals surface area contributed by atoms with Crippen molar-refractivity contribution in [3.05, 3.63) is 65.4 Å². The van der Waals surface area contributed by atoms with Gasteiger partial charge >= 0.3 is 5.97 Å². The van der Waals surface area contributed by atoms with Crippen LogP contribution in [-0.2, 0) is 22.4 Å². The number of rotatable bonds is 8.